The SMILES string of the molecule is CC(CCN)C1=CCCCC1. The van der Waals surface area contributed by atoms with Gasteiger partial charge in [-0.25, -0.2) is 0 Å². The fourth-order valence-corrected chi connectivity index (χ4v) is 1.75. The summed E-state index contributed by atoms with van der Waals surface area (Å²) in [6.45, 7) is 3.13. The lowest BCUT2D eigenvalue weighted by molar-refractivity contribution is 0.558. The molecule has 2 N–H and O–H groups in total. The van der Waals surface area contributed by atoms with E-state index in [1.165, 1.54) is 25.7 Å². The molecule has 0 saturated carbocycles. The van der Waals surface area contributed by atoms with Crippen molar-refractivity contribution in [2.75, 3.05) is 6.54 Å². The number of hydrogen-bond donors (Lipinski definition) is 1. The molecule has 11 heavy (non-hydrogen) atoms. The second-order valence-electron chi connectivity index (χ2n) is 3.50. The first kappa shape index (κ1) is 8.79. The van der Waals surface area contributed by atoms with Crippen molar-refractivity contribution >= 4 is 0 Å². The van der Waals surface area contributed by atoms with Crippen molar-refractivity contribution in [3.63, 3.8) is 0 Å². The van der Waals surface area contributed by atoms with Crippen molar-refractivity contribution in [3.8, 4) is 0 Å². The quantitative estimate of drug-likeness (QED) is 0.619. The highest BCUT2D eigenvalue weighted by Gasteiger charge is 2.09. The van der Waals surface area contributed by atoms with Crippen LogP contribution in [0.5, 0.6) is 0 Å². The maximum Gasteiger partial charge on any atom is -0.00717 e. The van der Waals surface area contributed by atoms with Crippen LogP contribution in [0.15, 0.2) is 11.6 Å². The first-order valence-electron chi connectivity index (χ1n) is 4.73. The molecule has 0 aromatic carbocycles. The van der Waals surface area contributed by atoms with Gasteiger partial charge in [0.2, 0.25) is 0 Å². The van der Waals surface area contributed by atoms with Crippen molar-refractivity contribution in [2.24, 2.45) is 11.7 Å². The van der Waals surface area contributed by atoms with E-state index in [9.17, 15) is 0 Å². The first-order valence-corrected chi connectivity index (χ1v) is 4.73. The van der Waals surface area contributed by atoms with Crippen molar-refractivity contribution < 1.29 is 0 Å². The van der Waals surface area contributed by atoms with E-state index >= 15 is 0 Å². The summed E-state index contributed by atoms with van der Waals surface area (Å²) in [6, 6.07) is 0. The molecule has 0 radical (unpaired) electrons. The van der Waals surface area contributed by atoms with Gasteiger partial charge in [0.25, 0.3) is 0 Å². The number of rotatable bonds is 3. The Morgan fingerprint density at radius 2 is 2.36 bits per heavy atom. The van der Waals surface area contributed by atoms with Gasteiger partial charge in [-0.05, 0) is 44.6 Å². The largest absolute Gasteiger partial charge is 0.330 e. The van der Waals surface area contributed by atoms with Gasteiger partial charge in [0.05, 0.1) is 0 Å². The molecule has 1 heteroatoms. The van der Waals surface area contributed by atoms with Gasteiger partial charge in [0.1, 0.15) is 0 Å². The Kier molecular flexibility index (Phi) is 3.64. The highest BCUT2D eigenvalue weighted by molar-refractivity contribution is 5.08. The minimum Gasteiger partial charge on any atom is -0.330 e. The van der Waals surface area contributed by atoms with Crippen molar-refractivity contribution in [3.05, 3.63) is 11.6 Å². The van der Waals surface area contributed by atoms with Gasteiger partial charge < -0.3 is 5.73 Å². The van der Waals surface area contributed by atoms with Crippen molar-refractivity contribution in [1.82, 2.24) is 0 Å². The summed E-state index contributed by atoms with van der Waals surface area (Å²) in [5, 5.41) is 0. The van der Waals surface area contributed by atoms with Crippen LogP contribution >= 0.6 is 0 Å². The van der Waals surface area contributed by atoms with E-state index in [0.29, 0.717) is 0 Å². The summed E-state index contributed by atoms with van der Waals surface area (Å²) in [5.41, 5.74) is 7.16. The lowest BCUT2D eigenvalue weighted by Gasteiger charge is -2.18. The van der Waals surface area contributed by atoms with E-state index in [-0.39, 0.29) is 0 Å². The molecule has 0 bridgehead atoms. The molecular weight excluding hydrogens is 134 g/mol. The Bertz CT molecular complexity index is 138. The molecule has 0 spiro atoms. The summed E-state index contributed by atoms with van der Waals surface area (Å²) in [5.74, 6) is 0.736. The number of allylic oxidation sites excluding steroid dienone is 2. The van der Waals surface area contributed by atoms with Gasteiger partial charge in [-0.2, -0.15) is 0 Å². The van der Waals surface area contributed by atoms with E-state index in [1.54, 1.807) is 5.57 Å². The molecule has 0 aliphatic heterocycles. The standard InChI is InChI=1S/C10H19N/c1-9(7-8-11)10-5-3-2-4-6-10/h5,9H,2-4,6-8,11H2,1H3. The van der Waals surface area contributed by atoms with Gasteiger partial charge in [0.15, 0.2) is 0 Å². The predicted octanol–water partition coefficient (Wildman–Crippen LogP) is 2.47. The fourth-order valence-electron chi connectivity index (χ4n) is 1.75. The van der Waals surface area contributed by atoms with Crippen LogP contribution < -0.4 is 5.73 Å². The topological polar surface area (TPSA) is 26.0 Å². The van der Waals surface area contributed by atoms with E-state index in [4.69, 9.17) is 5.73 Å². The maximum absolute atomic E-state index is 5.51. The third kappa shape index (κ3) is 2.66. The van der Waals surface area contributed by atoms with Gasteiger partial charge in [-0.1, -0.05) is 18.6 Å². The lowest BCUT2D eigenvalue weighted by Crippen LogP contribution is -2.09. The van der Waals surface area contributed by atoms with Crippen LogP contribution in [0.3, 0.4) is 0 Å². The van der Waals surface area contributed by atoms with Crippen molar-refractivity contribution in [2.45, 2.75) is 39.0 Å². The molecule has 0 saturated heterocycles. The smallest absolute Gasteiger partial charge is 0.00717 e. The monoisotopic (exact) mass is 153 g/mol. The average molecular weight is 153 g/mol. The molecule has 1 unspecified atom stereocenters. The van der Waals surface area contributed by atoms with Crippen LogP contribution in [0.2, 0.25) is 0 Å². The Labute approximate surface area is 69.7 Å². The summed E-state index contributed by atoms with van der Waals surface area (Å²) >= 11 is 0. The third-order valence-corrected chi connectivity index (χ3v) is 2.56. The van der Waals surface area contributed by atoms with Gasteiger partial charge >= 0.3 is 0 Å². The average Bonchev–Trinajstić information content (AvgIpc) is 2.07. The Hall–Kier alpha value is -0.300. The molecule has 64 valence electrons. The first-order chi connectivity index (χ1) is 5.34. The Morgan fingerprint density at radius 1 is 1.55 bits per heavy atom. The van der Waals surface area contributed by atoms with Crippen LogP contribution in [0.1, 0.15) is 39.0 Å². The third-order valence-electron chi connectivity index (χ3n) is 2.56. The molecule has 1 aliphatic carbocycles. The highest BCUT2D eigenvalue weighted by atomic mass is 14.5. The summed E-state index contributed by atoms with van der Waals surface area (Å²) in [6.07, 6.45) is 8.97. The van der Waals surface area contributed by atoms with Crippen LogP contribution in [0.4, 0.5) is 0 Å². The number of hydrogen-bond acceptors (Lipinski definition) is 1. The molecule has 1 aliphatic rings. The minimum atomic E-state index is 0.736. The van der Waals surface area contributed by atoms with Crippen LogP contribution in [-0.2, 0) is 0 Å². The molecule has 0 aromatic rings. The zero-order valence-electron chi connectivity index (χ0n) is 7.47. The zero-order chi connectivity index (χ0) is 8.10. The summed E-state index contributed by atoms with van der Waals surface area (Å²) in [4.78, 5) is 0. The Balaban J connectivity index is 2.37. The maximum atomic E-state index is 5.51. The molecule has 1 nitrogen and oxygen atoms in total. The van der Waals surface area contributed by atoms with Crippen LogP contribution in [-0.4, -0.2) is 6.54 Å². The van der Waals surface area contributed by atoms with E-state index in [0.717, 1.165) is 18.9 Å². The molecule has 0 amide bonds. The van der Waals surface area contributed by atoms with Gasteiger partial charge in [-0.3, -0.25) is 0 Å². The molecule has 1 atom stereocenters. The van der Waals surface area contributed by atoms with Gasteiger partial charge in [-0.15, -0.1) is 0 Å². The number of nitrogens with two attached hydrogens (primary N) is 1. The zero-order valence-corrected chi connectivity index (χ0v) is 7.47. The lowest BCUT2D eigenvalue weighted by atomic mass is 9.88. The normalized spacial score (nSPS) is 21.1. The van der Waals surface area contributed by atoms with E-state index in [1.807, 2.05) is 0 Å². The molecule has 0 heterocycles. The van der Waals surface area contributed by atoms with Crippen LogP contribution in [0, 0.1) is 5.92 Å². The van der Waals surface area contributed by atoms with Crippen molar-refractivity contribution in [1.29, 1.82) is 0 Å². The van der Waals surface area contributed by atoms with Crippen LogP contribution in [0.25, 0.3) is 0 Å². The molecule has 0 aromatic heterocycles. The second-order valence-corrected chi connectivity index (χ2v) is 3.50. The van der Waals surface area contributed by atoms with E-state index in [2.05, 4.69) is 13.0 Å². The van der Waals surface area contributed by atoms with E-state index < -0.39 is 0 Å². The van der Waals surface area contributed by atoms with Gasteiger partial charge in [0, 0.05) is 0 Å². The highest BCUT2D eigenvalue weighted by Crippen LogP contribution is 2.25. The predicted molar refractivity (Wildman–Crippen MR) is 49.4 cm³/mol. The summed E-state index contributed by atoms with van der Waals surface area (Å²) < 4.78 is 0. The fraction of sp³-hybridized carbons (Fsp3) is 0.800. The molecule has 0 fully saturated rings. The minimum absolute atomic E-state index is 0.736. The Morgan fingerprint density at radius 3 is 2.91 bits per heavy atom. The molecule has 1 rings (SSSR count). The molecular formula is C10H19N. The summed E-state index contributed by atoms with van der Waals surface area (Å²) in [7, 11) is 0. The second kappa shape index (κ2) is 4.55.